The van der Waals surface area contributed by atoms with Crippen molar-refractivity contribution in [3.05, 3.63) is 45.8 Å². The molecule has 160 valence electrons. The first-order valence-corrected chi connectivity index (χ1v) is 11.4. The number of hydrogen-bond acceptors (Lipinski definition) is 5. The minimum absolute atomic E-state index is 0.0940. The van der Waals surface area contributed by atoms with Gasteiger partial charge in [0, 0.05) is 18.0 Å². The van der Waals surface area contributed by atoms with E-state index in [1.165, 1.54) is 4.88 Å². The molecule has 0 spiro atoms. The summed E-state index contributed by atoms with van der Waals surface area (Å²) in [4.78, 5) is 27.0. The Morgan fingerprint density at radius 1 is 1.17 bits per heavy atom. The van der Waals surface area contributed by atoms with E-state index in [9.17, 15) is 9.59 Å². The number of hydrogen-bond donors (Lipinski definition) is 2. The highest BCUT2D eigenvalue weighted by Gasteiger charge is 2.27. The number of amides is 2. The van der Waals surface area contributed by atoms with E-state index in [0.29, 0.717) is 17.1 Å². The highest BCUT2D eigenvalue weighted by Crippen LogP contribution is 2.38. The number of aryl methyl sites for hydroxylation is 1. The molecule has 0 radical (unpaired) electrons. The standard InChI is InChI=1S/C23H28N2O4S/c1-28-16-10-8-15(9-11-16)13-20(26)25-23-21(18-6-2-3-7-19(18)30-23)22(27)24-14-17-5-4-12-29-17/h8-11,17H,2-7,12-14H2,1H3,(H,24,27)(H,25,26)/t17-/m1/s1. The van der Waals surface area contributed by atoms with Crippen molar-refractivity contribution in [3.8, 4) is 5.75 Å². The number of nitrogens with one attached hydrogen (secondary N) is 2. The van der Waals surface area contributed by atoms with Gasteiger partial charge in [-0.05, 0) is 61.8 Å². The van der Waals surface area contributed by atoms with Crippen molar-refractivity contribution in [2.24, 2.45) is 0 Å². The van der Waals surface area contributed by atoms with Gasteiger partial charge in [-0.2, -0.15) is 0 Å². The molecule has 1 fully saturated rings. The van der Waals surface area contributed by atoms with Gasteiger partial charge in [-0.1, -0.05) is 12.1 Å². The maximum atomic E-state index is 13.0. The van der Waals surface area contributed by atoms with E-state index in [0.717, 1.165) is 62.0 Å². The first-order valence-electron chi connectivity index (χ1n) is 10.6. The van der Waals surface area contributed by atoms with E-state index in [-0.39, 0.29) is 24.3 Å². The second-order valence-electron chi connectivity index (χ2n) is 7.83. The minimum Gasteiger partial charge on any atom is -0.497 e. The van der Waals surface area contributed by atoms with E-state index in [1.807, 2.05) is 24.3 Å². The SMILES string of the molecule is COc1ccc(CC(=O)Nc2sc3c(c2C(=O)NC[C@H]2CCCO2)CCCC3)cc1. The Kier molecular flexibility index (Phi) is 6.69. The molecule has 1 saturated heterocycles. The van der Waals surface area contributed by atoms with Gasteiger partial charge < -0.3 is 20.1 Å². The van der Waals surface area contributed by atoms with Gasteiger partial charge in [-0.15, -0.1) is 11.3 Å². The Morgan fingerprint density at radius 3 is 2.70 bits per heavy atom. The molecule has 2 heterocycles. The number of ether oxygens (including phenoxy) is 2. The predicted molar refractivity (Wildman–Crippen MR) is 118 cm³/mol. The van der Waals surface area contributed by atoms with Gasteiger partial charge in [0.1, 0.15) is 10.8 Å². The van der Waals surface area contributed by atoms with Crippen LogP contribution in [0.25, 0.3) is 0 Å². The second kappa shape index (κ2) is 9.62. The zero-order valence-electron chi connectivity index (χ0n) is 17.3. The van der Waals surface area contributed by atoms with Gasteiger partial charge in [0.05, 0.1) is 25.2 Å². The largest absolute Gasteiger partial charge is 0.497 e. The third kappa shape index (κ3) is 4.84. The van der Waals surface area contributed by atoms with E-state index in [1.54, 1.807) is 18.4 Å². The Labute approximate surface area is 181 Å². The molecule has 1 aromatic carbocycles. The summed E-state index contributed by atoms with van der Waals surface area (Å²) in [5.74, 6) is 0.534. The second-order valence-corrected chi connectivity index (χ2v) is 8.94. The number of methoxy groups -OCH3 is 1. The van der Waals surface area contributed by atoms with E-state index < -0.39 is 0 Å². The zero-order chi connectivity index (χ0) is 20.9. The fourth-order valence-corrected chi connectivity index (χ4v) is 5.40. The fourth-order valence-electron chi connectivity index (χ4n) is 4.09. The van der Waals surface area contributed by atoms with Crippen molar-refractivity contribution in [1.82, 2.24) is 5.32 Å². The maximum absolute atomic E-state index is 13.0. The maximum Gasteiger partial charge on any atom is 0.254 e. The number of thiophene rings is 1. The summed E-state index contributed by atoms with van der Waals surface area (Å²) in [5, 5.41) is 6.71. The number of anilines is 1. The lowest BCUT2D eigenvalue weighted by Crippen LogP contribution is -2.32. The molecule has 0 unspecified atom stereocenters. The molecule has 2 aliphatic rings. The van der Waals surface area contributed by atoms with Crippen LogP contribution in [-0.4, -0.2) is 38.2 Å². The first-order chi connectivity index (χ1) is 14.6. The Balaban J connectivity index is 1.47. The average Bonchev–Trinajstić information content (AvgIpc) is 3.40. The number of carbonyl (C=O) groups is 2. The van der Waals surface area contributed by atoms with Gasteiger partial charge in [-0.25, -0.2) is 0 Å². The van der Waals surface area contributed by atoms with Crippen molar-refractivity contribution in [1.29, 1.82) is 0 Å². The highest BCUT2D eigenvalue weighted by atomic mass is 32.1. The van der Waals surface area contributed by atoms with E-state index >= 15 is 0 Å². The third-order valence-electron chi connectivity index (χ3n) is 5.69. The summed E-state index contributed by atoms with van der Waals surface area (Å²) in [6, 6.07) is 7.45. The molecule has 1 atom stereocenters. The molecule has 1 aromatic heterocycles. The van der Waals surface area contributed by atoms with Crippen molar-refractivity contribution in [3.63, 3.8) is 0 Å². The van der Waals surface area contributed by atoms with Gasteiger partial charge in [0.15, 0.2) is 0 Å². The van der Waals surface area contributed by atoms with Crippen molar-refractivity contribution < 1.29 is 19.1 Å². The van der Waals surface area contributed by atoms with Crippen LogP contribution < -0.4 is 15.4 Å². The Morgan fingerprint density at radius 2 is 1.97 bits per heavy atom. The molecular weight excluding hydrogens is 400 g/mol. The number of carbonyl (C=O) groups excluding carboxylic acids is 2. The van der Waals surface area contributed by atoms with Crippen LogP contribution in [0.4, 0.5) is 5.00 Å². The lowest BCUT2D eigenvalue weighted by molar-refractivity contribution is -0.115. The fraction of sp³-hybridized carbons (Fsp3) is 0.478. The van der Waals surface area contributed by atoms with E-state index in [2.05, 4.69) is 10.6 Å². The molecule has 30 heavy (non-hydrogen) atoms. The quantitative estimate of drug-likeness (QED) is 0.705. The molecule has 1 aliphatic heterocycles. The Bertz CT molecular complexity index is 901. The van der Waals surface area contributed by atoms with Crippen LogP contribution in [0.2, 0.25) is 0 Å². The van der Waals surface area contributed by atoms with Crippen LogP contribution in [0.15, 0.2) is 24.3 Å². The molecule has 7 heteroatoms. The highest BCUT2D eigenvalue weighted by molar-refractivity contribution is 7.17. The van der Waals surface area contributed by atoms with Crippen LogP contribution in [-0.2, 0) is 28.8 Å². The van der Waals surface area contributed by atoms with Crippen LogP contribution in [0.1, 0.15) is 52.0 Å². The molecule has 4 rings (SSSR count). The van der Waals surface area contributed by atoms with Crippen molar-refractivity contribution >= 4 is 28.2 Å². The zero-order valence-corrected chi connectivity index (χ0v) is 18.1. The van der Waals surface area contributed by atoms with Crippen LogP contribution in [0.3, 0.4) is 0 Å². The smallest absolute Gasteiger partial charge is 0.254 e. The van der Waals surface area contributed by atoms with Gasteiger partial charge in [0.25, 0.3) is 5.91 Å². The number of rotatable bonds is 7. The molecular formula is C23H28N2O4S. The van der Waals surface area contributed by atoms with E-state index in [4.69, 9.17) is 9.47 Å². The minimum atomic E-state index is -0.119. The summed E-state index contributed by atoms with van der Waals surface area (Å²) in [6.45, 7) is 1.28. The number of benzene rings is 1. The first kappa shape index (κ1) is 20.9. The summed E-state index contributed by atoms with van der Waals surface area (Å²) in [7, 11) is 1.62. The normalized spacial score (nSPS) is 18.0. The topological polar surface area (TPSA) is 76.7 Å². The van der Waals surface area contributed by atoms with Gasteiger partial charge in [0.2, 0.25) is 5.91 Å². The summed E-state index contributed by atoms with van der Waals surface area (Å²) in [6.07, 6.45) is 6.44. The summed E-state index contributed by atoms with van der Waals surface area (Å²) < 4.78 is 10.8. The molecule has 0 saturated carbocycles. The van der Waals surface area contributed by atoms with Crippen molar-refractivity contribution in [2.45, 2.75) is 51.0 Å². The number of fused-ring (bicyclic) bond motifs is 1. The summed E-state index contributed by atoms with van der Waals surface area (Å²) >= 11 is 1.55. The molecule has 0 bridgehead atoms. The van der Waals surface area contributed by atoms with Crippen molar-refractivity contribution in [2.75, 3.05) is 25.6 Å². The average molecular weight is 429 g/mol. The molecule has 2 N–H and O–H groups in total. The van der Waals surface area contributed by atoms with Gasteiger partial charge >= 0.3 is 0 Å². The molecule has 2 aromatic rings. The summed E-state index contributed by atoms with van der Waals surface area (Å²) in [5.41, 5.74) is 2.66. The Hall–Kier alpha value is -2.38. The molecule has 2 amide bonds. The van der Waals surface area contributed by atoms with Crippen LogP contribution >= 0.6 is 11.3 Å². The molecule has 6 nitrogen and oxygen atoms in total. The lowest BCUT2D eigenvalue weighted by Gasteiger charge is -2.15. The monoisotopic (exact) mass is 428 g/mol. The lowest BCUT2D eigenvalue weighted by atomic mass is 9.95. The van der Waals surface area contributed by atoms with Crippen LogP contribution in [0.5, 0.6) is 5.75 Å². The predicted octanol–water partition coefficient (Wildman–Crippen LogP) is 3.73. The van der Waals surface area contributed by atoms with Crippen LogP contribution in [0, 0.1) is 0 Å². The van der Waals surface area contributed by atoms with Gasteiger partial charge in [-0.3, -0.25) is 9.59 Å². The molecule has 1 aliphatic carbocycles. The third-order valence-corrected chi connectivity index (χ3v) is 6.90.